The summed E-state index contributed by atoms with van der Waals surface area (Å²) in [5.41, 5.74) is 2.51. The summed E-state index contributed by atoms with van der Waals surface area (Å²) in [7, 11) is 1.61. The smallest absolute Gasteiger partial charge is 0.411 e. The number of fused-ring (bicyclic) bond motifs is 1. The van der Waals surface area contributed by atoms with Crippen LogP contribution in [0.15, 0.2) is 24.8 Å². The molecule has 0 spiro atoms. The lowest BCUT2D eigenvalue weighted by molar-refractivity contribution is 0.165. The summed E-state index contributed by atoms with van der Waals surface area (Å²) in [5, 5.41) is 8.98. The standard InChI is InChI=1S/C12H13NO3/c1-8-11-4-3-10(16-2)7-9(11)5-6-13(8)12(14)15/h3-4,7H,1,5-6H2,2H3,(H,14,15). The molecule has 4 nitrogen and oxygen atoms in total. The third-order valence-electron chi connectivity index (χ3n) is 2.78. The molecular formula is C12H13NO3. The molecular weight excluding hydrogens is 206 g/mol. The predicted molar refractivity (Wildman–Crippen MR) is 60.5 cm³/mol. The van der Waals surface area contributed by atoms with E-state index in [2.05, 4.69) is 6.58 Å². The first-order valence-corrected chi connectivity index (χ1v) is 5.00. The largest absolute Gasteiger partial charge is 0.497 e. The van der Waals surface area contributed by atoms with Crippen molar-refractivity contribution < 1.29 is 14.6 Å². The normalized spacial score (nSPS) is 14.6. The van der Waals surface area contributed by atoms with Gasteiger partial charge in [-0.25, -0.2) is 4.79 Å². The number of nitrogens with zero attached hydrogens (tertiary/aromatic N) is 1. The molecule has 0 bridgehead atoms. The van der Waals surface area contributed by atoms with E-state index in [-0.39, 0.29) is 0 Å². The Balaban J connectivity index is 2.39. The maximum atomic E-state index is 10.9. The molecule has 84 valence electrons. The average Bonchev–Trinajstić information content (AvgIpc) is 2.28. The molecule has 1 aromatic carbocycles. The quantitative estimate of drug-likeness (QED) is 0.787. The van der Waals surface area contributed by atoms with E-state index in [1.54, 1.807) is 7.11 Å². The van der Waals surface area contributed by atoms with Gasteiger partial charge in [0, 0.05) is 17.8 Å². The minimum absolute atomic E-state index is 0.453. The van der Waals surface area contributed by atoms with Gasteiger partial charge in [0.1, 0.15) is 5.75 Å². The van der Waals surface area contributed by atoms with Crippen LogP contribution >= 0.6 is 0 Å². The second kappa shape index (κ2) is 3.89. The number of carbonyl (C=O) groups is 1. The summed E-state index contributed by atoms with van der Waals surface area (Å²) in [5.74, 6) is 0.787. The molecule has 0 fully saturated rings. The Morgan fingerprint density at radius 2 is 2.31 bits per heavy atom. The first-order chi connectivity index (χ1) is 7.63. The molecule has 1 aliphatic rings. The van der Waals surface area contributed by atoms with E-state index >= 15 is 0 Å². The Kier molecular flexibility index (Phi) is 2.56. The molecule has 2 rings (SSSR count). The lowest BCUT2D eigenvalue weighted by Crippen LogP contribution is -2.33. The van der Waals surface area contributed by atoms with Crippen molar-refractivity contribution in [2.24, 2.45) is 0 Å². The van der Waals surface area contributed by atoms with Gasteiger partial charge in [-0.15, -0.1) is 0 Å². The Morgan fingerprint density at radius 3 is 2.94 bits per heavy atom. The van der Waals surface area contributed by atoms with Crippen LogP contribution in [0.2, 0.25) is 0 Å². The molecule has 16 heavy (non-hydrogen) atoms. The Morgan fingerprint density at radius 1 is 1.56 bits per heavy atom. The Hall–Kier alpha value is -1.97. The van der Waals surface area contributed by atoms with Crippen LogP contribution in [0.3, 0.4) is 0 Å². The highest BCUT2D eigenvalue weighted by Gasteiger charge is 2.23. The van der Waals surface area contributed by atoms with E-state index in [4.69, 9.17) is 9.84 Å². The van der Waals surface area contributed by atoms with E-state index in [1.165, 1.54) is 4.90 Å². The molecule has 0 aromatic heterocycles. The fourth-order valence-electron chi connectivity index (χ4n) is 1.91. The second-order valence-corrected chi connectivity index (χ2v) is 3.65. The van der Waals surface area contributed by atoms with Gasteiger partial charge in [-0.1, -0.05) is 6.58 Å². The van der Waals surface area contributed by atoms with Crippen LogP contribution in [-0.4, -0.2) is 29.8 Å². The average molecular weight is 219 g/mol. The zero-order valence-corrected chi connectivity index (χ0v) is 9.06. The molecule has 1 amide bonds. The van der Waals surface area contributed by atoms with Gasteiger partial charge in [0.05, 0.1) is 7.11 Å². The highest BCUT2D eigenvalue weighted by Crippen LogP contribution is 2.30. The SMILES string of the molecule is C=C1c2ccc(OC)cc2CCN1C(=O)O. The van der Waals surface area contributed by atoms with Crippen LogP contribution in [-0.2, 0) is 6.42 Å². The van der Waals surface area contributed by atoms with Gasteiger partial charge in [-0.3, -0.25) is 4.90 Å². The van der Waals surface area contributed by atoms with Crippen LogP contribution in [0.25, 0.3) is 5.70 Å². The lowest BCUT2D eigenvalue weighted by atomic mass is 9.97. The van der Waals surface area contributed by atoms with E-state index in [9.17, 15) is 4.79 Å². The Bertz CT molecular complexity index is 454. The molecule has 0 saturated heterocycles. The second-order valence-electron chi connectivity index (χ2n) is 3.65. The summed E-state index contributed by atoms with van der Waals surface area (Å²) in [6, 6.07) is 5.60. The molecule has 0 atom stereocenters. The number of amides is 1. The van der Waals surface area contributed by atoms with E-state index in [0.717, 1.165) is 16.9 Å². The predicted octanol–water partition coefficient (Wildman–Crippen LogP) is 2.20. The molecule has 0 radical (unpaired) electrons. The summed E-state index contributed by atoms with van der Waals surface area (Å²) < 4.78 is 5.13. The van der Waals surface area contributed by atoms with Crippen molar-refractivity contribution in [1.82, 2.24) is 4.90 Å². The van der Waals surface area contributed by atoms with Crippen molar-refractivity contribution in [3.8, 4) is 5.75 Å². The minimum Gasteiger partial charge on any atom is -0.497 e. The van der Waals surface area contributed by atoms with Gasteiger partial charge in [-0.2, -0.15) is 0 Å². The summed E-state index contributed by atoms with van der Waals surface area (Å²) in [4.78, 5) is 12.2. The molecule has 1 aliphatic heterocycles. The molecule has 4 heteroatoms. The van der Waals surface area contributed by atoms with Crippen molar-refractivity contribution >= 4 is 11.8 Å². The van der Waals surface area contributed by atoms with Crippen molar-refractivity contribution in [3.63, 3.8) is 0 Å². The van der Waals surface area contributed by atoms with Gasteiger partial charge >= 0.3 is 6.09 Å². The van der Waals surface area contributed by atoms with E-state index in [0.29, 0.717) is 18.7 Å². The van der Waals surface area contributed by atoms with Crippen LogP contribution in [0.5, 0.6) is 5.75 Å². The van der Waals surface area contributed by atoms with Crippen molar-refractivity contribution in [1.29, 1.82) is 0 Å². The lowest BCUT2D eigenvalue weighted by Gasteiger charge is -2.28. The van der Waals surface area contributed by atoms with Gasteiger partial charge < -0.3 is 9.84 Å². The highest BCUT2D eigenvalue weighted by atomic mass is 16.5. The van der Waals surface area contributed by atoms with Crippen LogP contribution < -0.4 is 4.74 Å². The zero-order valence-electron chi connectivity index (χ0n) is 9.06. The third kappa shape index (κ3) is 1.62. The van der Waals surface area contributed by atoms with E-state index < -0.39 is 6.09 Å². The number of hydrogen-bond acceptors (Lipinski definition) is 2. The van der Waals surface area contributed by atoms with Crippen LogP contribution in [0.1, 0.15) is 11.1 Å². The molecule has 0 saturated carbocycles. The van der Waals surface area contributed by atoms with Gasteiger partial charge in [-0.05, 0) is 30.2 Å². The number of ether oxygens (including phenoxy) is 1. The summed E-state index contributed by atoms with van der Waals surface area (Å²) >= 11 is 0. The van der Waals surface area contributed by atoms with Crippen molar-refractivity contribution in [2.75, 3.05) is 13.7 Å². The number of benzene rings is 1. The van der Waals surface area contributed by atoms with Crippen LogP contribution in [0.4, 0.5) is 4.79 Å². The minimum atomic E-state index is -0.952. The topological polar surface area (TPSA) is 49.8 Å². The van der Waals surface area contributed by atoms with Gasteiger partial charge in [0.15, 0.2) is 0 Å². The number of methoxy groups -OCH3 is 1. The van der Waals surface area contributed by atoms with Gasteiger partial charge in [0.25, 0.3) is 0 Å². The molecule has 0 unspecified atom stereocenters. The molecule has 0 aliphatic carbocycles. The highest BCUT2D eigenvalue weighted by molar-refractivity contribution is 5.82. The molecule has 1 aromatic rings. The van der Waals surface area contributed by atoms with Crippen molar-refractivity contribution in [3.05, 3.63) is 35.9 Å². The summed E-state index contributed by atoms with van der Waals surface area (Å²) in [6.45, 7) is 4.27. The summed E-state index contributed by atoms with van der Waals surface area (Å²) in [6.07, 6.45) is -0.260. The number of carboxylic acid groups (broad SMARTS) is 1. The fraction of sp³-hybridized carbons (Fsp3) is 0.250. The number of hydrogen-bond donors (Lipinski definition) is 1. The first kappa shape index (κ1) is 10.5. The van der Waals surface area contributed by atoms with Crippen LogP contribution in [0, 0.1) is 0 Å². The van der Waals surface area contributed by atoms with E-state index in [1.807, 2.05) is 18.2 Å². The molecule has 1 heterocycles. The Labute approximate surface area is 93.8 Å². The third-order valence-corrected chi connectivity index (χ3v) is 2.78. The zero-order chi connectivity index (χ0) is 11.7. The van der Waals surface area contributed by atoms with Gasteiger partial charge in [0.2, 0.25) is 0 Å². The monoisotopic (exact) mass is 219 g/mol. The fourth-order valence-corrected chi connectivity index (χ4v) is 1.91. The van der Waals surface area contributed by atoms with Crippen molar-refractivity contribution in [2.45, 2.75) is 6.42 Å². The first-order valence-electron chi connectivity index (χ1n) is 5.00. The maximum absolute atomic E-state index is 10.9. The molecule has 1 N–H and O–H groups in total. The number of rotatable bonds is 1. The maximum Gasteiger partial charge on any atom is 0.411 e.